The number of hydrogen-bond donors (Lipinski definition) is 1. The number of carboxylic acids is 1. The number of rotatable bonds is 4. The van der Waals surface area contributed by atoms with E-state index in [9.17, 15) is 4.79 Å². The third-order valence-electron chi connectivity index (χ3n) is 2.80. The molecule has 0 aliphatic heterocycles. The van der Waals surface area contributed by atoms with E-state index in [1.165, 1.54) is 17.3 Å². The molecule has 3 nitrogen and oxygen atoms in total. The van der Waals surface area contributed by atoms with E-state index in [1.807, 2.05) is 30.3 Å². The first kappa shape index (κ1) is 12.9. The van der Waals surface area contributed by atoms with Gasteiger partial charge in [0, 0.05) is 11.1 Å². The molecule has 0 fully saturated rings. The van der Waals surface area contributed by atoms with Gasteiger partial charge in [-0.1, -0.05) is 25.1 Å². The number of pyridine rings is 1. The van der Waals surface area contributed by atoms with Crippen LogP contribution < -0.4 is 0 Å². The molecule has 1 aromatic carbocycles. The number of benzene rings is 1. The van der Waals surface area contributed by atoms with Gasteiger partial charge in [0.25, 0.3) is 0 Å². The molecule has 0 aliphatic carbocycles. The predicted octanol–water partition coefficient (Wildman–Crippen LogP) is 3.36. The maximum absolute atomic E-state index is 10.8. The molecule has 0 saturated carbocycles. The fourth-order valence-electron chi connectivity index (χ4n) is 1.67. The van der Waals surface area contributed by atoms with E-state index in [0.717, 1.165) is 15.9 Å². The van der Waals surface area contributed by atoms with Crippen LogP contribution in [0, 0.1) is 12.8 Å². The van der Waals surface area contributed by atoms with E-state index < -0.39 is 5.97 Å². The zero-order valence-corrected chi connectivity index (χ0v) is 11.2. The van der Waals surface area contributed by atoms with Crippen LogP contribution in [0.1, 0.15) is 12.5 Å². The van der Waals surface area contributed by atoms with Crippen LogP contribution in [0.15, 0.2) is 35.4 Å². The molecule has 0 aliphatic rings. The third-order valence-corrected chi connectivity index (χ3v) is 3.97. The van der Waals surface area contributed by atoms with Crippen molar-refractivity contribution in [1.82, 2.24) is 4.98 Å². The first-order valence-electron chi connectivity index (χ1n) is 5.80. The van der Waals surface area contributed by atoms with E-state index in [4.69, 9.17) is 5.11 Å². The zero-order valence-electron chi connectivity index (χ0n) is 10.4. The summed E-state index contributed by atoms with van der Waals surface area (Å²) < 4.78 is 0. The second kappa shape index (κ2) is 5.40. The van der Waals surface area contributed by atoms with Crippen molar-refractivity contribution in [2.45, 2.75) is 18.9 Å². The van der Waals surface area contributed by atoms with Gasteiger partial charge in [0.15, 0.2) is 0 Å². The number of carbonyl (C=O) groups is 1. The number of aliphatic carboxylic acids is 1. The molecule has 0 bridgehead atoms. The number of aromatic nitrogens is 1. The molecule has 1 atom stereocenters. The van der Waals surface area contributed by atoms with Gasteiger partial charge in [-0.3, -0.25) is 4.79 Å². The lowest BCUT2D eigenvalue weighted by Gasteiger charge is -2.08. The smallest absolute Gasteiger partial charge is 0.307 e. The minimum atomic E-state index is -0.764. The summed E-state index contributed by atoms with van der Waals surface area (Å²) in [5, 5.41) is 10.9. The summed E-state index contributed by atoms with van der Waals surface area (Å²) in [6, 6.07) is 10.0. The predicted molar refractivity (Wildman–Crippen MR) is 74.0 cm³/mol. The lowest BCUT2D eigenvalue weighted by atomic mass is 10.1. The molecule has 2 rings (SSSR count). The van der Waals surface area contributed by atoms with Crippen LogP contribution >= 0.6 is 11.8 Å². The number of thioether (sulfide) groups is 1. The molecular formula is C14H15NO2S. The van der Waals surface area contributed by atoms with Crippen LogP contribution in [0.3, 0.4) is 0 Å². The molecule has 0 radical (unpaired) electrons. The van der Waals surface area contributed by atoms with Crippen molar-refractivity contribution in [3.05, 3.63) is 35.9 Å². The van der Waals surface area contributed by atoms with Gasteiger partial charge in [-0.15, -0.1) is 11.8 Å². The van der Waals surface area contributed by atoms with Crippen molar-refractivity contribution >= 4 is 28.6 Å². The fourth-order valence-corrected chi connectivity index (χ4v) is 2.66. The van der Waals surface area contributed by atoms with Gasteiger partial charge in [-0.25, -0.2) is 4.98 Å². The lowest BCUT2D eigenvalue weighted by Crippen LogP contribution is -2.11. The summed E-state index contributed by atoms with van der Waals surface area (Å²) in [5.41, 5.74) is 2.13. The highest BCUT2D eigenvalue weighted by molar-refractivity contribution is 7.99. The highest BCUT2D eigenvalue weighted by Gasteiger charge is 2.12. The maximum atomic E-state index is 10.8. The van der Waals surface area contributed by atoms with Gasteiger partial charge in [0.1, 0.15) is 0 Å². The summed E-state index contributed by atoms with van der Waals surface area (Å²) in [6.07, 6.45) is 0. The van der Waals surface area contributed by atoms with Crippen LogP contribution in [0.5, 0.6) is 0 Å². The van der Waals surface area contributed by atoms with E-state index in [0.29, 0.717) is 5.75 Å². The molecule has 1 aromatic heterocycles. The van der Waals surface area contributed by atoms with Gasteiger partial charge in [0.05, 0.1) is 16.5 Å². The zero-order chi connectivity index (χ0) is 13.1. The fraction of sp³-hybridized carbons (Fsp3) is 0.286. The molecule has 94 valence electrons. The summed E-state index contributed by atoms with van der Waals surface area (Å²) in [7, 11) is 0. The Hall–Kier alpha value is -1.55. The van der Waals surface area contributed by atoms with Gasteiger partial charge in [-0.2, -0.15) is 0 Å². The van der Waals surface area contributed by atoms with Crippen molar-refractivity contribution in [1.29, 1.82) is 0 Å². The first-order chi connectivity index (χ1) is 8.58. The average Bonchev–Trinajstić information content (AvgIpc) is 2.36. The molecule has 2 aromatic rings. The number of nitrogens with zero attached hydrogens (tertiary/aromatic N) is 1. The Balaban J connectivity index is 2.22. The number of carboxylic acid groups (broad SMARTS) is 1. The molecule has 0 saturated heterocycles. The highest BCUT2D eigenvalue weighted by Crippen LogP contribution is 2.24. The Labute approximate surface area is 110 Å². The average molecular weight is 261 g/mol. The molecule has 1 N–H and O–H groups in total. The van der Waals surface area contributed by atoms with E-state index in [-0.39, 0.29) is 5.92 Å². The van der Waals surface area contributed by atoms with Crippen molar-refractivity contribution in [3.8, 4) is 0 Å². The van der Waals surface area contributed by atoms with Crippen LogP contribution in [0.2, 0.25) is 0 Å². The van der Waals surface area contributed by atoms with Gasteiger partial charge < -0.3 is 5.11 Å². The van der Waals surface area contributed by atoms with Crippen LogP contribution in [-0.4, -0.2) is 21.8 Å². The largest absolute Gasteiger partial charge is 0.481 e. The Kier molecular flexibility index (Phi) is 3.87. The second-order valence-electron chi connectivity index (χ2n) is 4.34. The van der Waals surface area contributed by atoms with Crippen molar-refractivity contribution < 1.29 is 9.90 Å². The van der Waals surface area contributed by atoms with Crippen LogP contribution in [-0.2, 0) is 4.79 Å². The monoisotopic (exact) mass is 261 g/mol. The van der Waals surface area contributed by atoms with Crippen molar-refractivity contribution in [2.75, 3.05) is 5.75 Å². The van der Waals surface area contributed by atoms with Crippen molar-refractivity contribution in [3.63, 3.8) is 0 Å². The van der Waals surface area contributed by atoms with Gasteiger partial charge >= 0.3 is 5.97 Å². The second-order valence-corrected chi connectivity index (χ2v) is 5.39. The number of aryl methyl sites for hydroxylation is 1. The standard InChI is InChI=1S/C14H15NO2S/c1-9-7-13(18-8-10(2)14(16)17)15-12-6-4-3-5-11(9)12/h3-7,10H,8H2,1-2H3,(H,16,17). The molecule has 18 heavy (non-hydrogen) atoms. The van der Waals surface area contributed by atoms with Crippen LogP contribution in [0.25, 0.3) is 10.9 Å². The molecular weight excluding hydrogens is 246 g/mol. The number of fused-ring (bicyclic) bond motifs is 1. The molecule has 1 unspecified atom stereocenters. The summed E-state index contributed by atoms with van der Waals surface area (Å²) >= 11 is 1.49. The topological polar surface area (TPSA) is 50.2 Å². The van der Waals surface area contributed by atoms with Gasteiger partial charge in [0.2, 0.25) is 0 Å². The SMILES string of the molecule is Cc1cc(SCC(C)C(=O)O)nc2ccccc12. The molecule has 0 amide bonds. The lowest BCUT2D eigenvalue weighted by molar-refractivity contribution is -0.140. The van der Waals surface area contributed by atoms with Crippen LogP contribution in [0.4, 0.5) is 0 Å². The summed E-state index contributed by atoms with van der Waals surface area (Å²) in [6.45, 7) is 3.76. The Morgan fingerprint density at radius 1 is 1.44 bits per heavy atom. The summed E-state index contributed by atoms with van der Waals surface area (Å²) in [5.74, 6) is -0.580. The quantitative estimate of drug-likeness (QED) is 0.857. The van der Waals surface area contributed by atoms with E-state index >= 15 is 0 Å². The Morgan fingerprint density at radius 2 is 2.17 bits per heavy atom. The minimum Gasteiger partial charge on any atom is -0.481 e. The Morgan fingerprint density at radius 3 is 2.89 bits per heavy atom. The van der Waals surface area contributed by atoms with E-state index in [2.05, 4.69) is 11.9 Å². The van der Waals surface area contributed by atoms with E-state index in [1.54, 1.807) is 6.92 Å². The van der Waals surface area contributed by atoms with Crippen molar-refractivity contribution in [2.24, 2.45) is 5.92 Å². The first-order valence-corrected chi connectivity index (χ1v) is 6.78. The molecule has 0 spiro atoms. The Bertz CT molecular complexity index is 583. The normalized spacial score (nSPS) is 12.6. The molecule has 1 heterocycles. The number of hydrogen-bond acceptors (Lipinski definition) is 3. The third kappa shape index (κ3) is 2.82. The van der Waals surface area contributed by atoms with Gasteiger partial charge in [-0.05, 0) is 24.6 Å². The summed E-state index contributed by atoms with van der Waals surface area (Å²) in [4.78, 5) is 15.3. The molecule has 4 heteroatoms. The highest BCUT2D eigenvalue weighted by atomic mass is 32.2. The number of para-hydroxylation sites is 1. The minimum absolute atomic E-state index is 0.358. The maximum Gasteiger partial charge on any atom is 0.307 e.